The quantitative estimate of drug-likeness (QED) is 0.638. The first kappa shape index (κ1) is 17.9. The Balaban J connectivity index is 2.25. The summed E-state index contributed by atoms with van der Waals surface area (Å²) < 4.78 is 0. The van der Waals surface area contributed by atoms with Crippen LogP contribution in [-0.4, -0.2) is 47.3 Å². The van der Waals surface area contributed by atoms with E-state index < -0.39 is 0 Å². The summed E-state index contributed by atoms with van der Waals surface area (Å²) >= 11 is 0. The third-order valence-corrected chi connectivity index (χ3v) is 4.92. The van der Waals surface area contributed by atoms with Crippen LogP contribution in [0, 0.1) is 0 Å². The maximum absolute atomic E-state index is 9.57. The predicted molar refractivity (Wildman–Crippen MR) is 87.1 cm³/mol. The van der Waals surface area contributed by atoms with Gasteiger partial charge in [0.1, 0.15) is 0 Å². The van der Waals surface area contributed by atoms with Crippen molar-refractivity contribution in [3.05, 3.63) is 0 Å². The molecule has 3 nitrogen and oxygen atoms in total. The van der Waals surface area contributed by atoms with Crippen LogP contribution in [0.1, 0.15) is 72.6 Å². The van der Waals surface area contributed by atoms with E-state index in [1.807, 2.05) is 0 Å². The Kier molecular flexibility index (Phi) is 8.08. The number of nitrogens with zero attached hydrogens (tertiary/aromatic N) is 1. The molecule has 0 aromatic carbocycles. The van der Waals surface area contributed by atoms with Gasteiger partial charge in [-0.3, -0.25) is 4.90 Å². The number of unbranched alkanes of at least 4 members (excludes halogenated alkanes) is 1. The smallest absolute Gasteiger partial charge is 0.0610 e. The van der Waals surface area contributed by atoms with Gasteiger partial charge in [-0.05, 0) is 66.0 Å². The molecule has 0 saturated carbocycles. The van der Waals surface area contributed by atoms with Gasteiger partial charge in [-0.1, -0.05) is 19.8 Å². The molecule has 3 unspecified atom stereocenters. The van der Waals surface area contributed by atoms with Crippen LogP contribution in [0.2, 0.25) is 0 Å². The molecule has 1 heterocycles. The first-order valence-electron chi connectivity index (χ1n) is 8.64. The number of piperidine rings is 1. The number of nitrogens with one attached hydrogen (secondary N) is 1. The second-order valence-electron chi connectivity index (χ2n) is 6.97. The lowest BCUT2D eigenvalue weighted by Gasteiger charge is -2.39. The lowest BCUT2D eigenvalue weighted by molar-refractivity contribution is 0.0984. The molecule has 0 aliphatic carbocycles. The van der Waals surface area contributed by atoms with Gasteiger partial charge >= 0.3 is 0 Å². The number of hydrogen-bond donors (Lipinski definition) is 2. The van der Waals surface area contributed by atoms with E-state index in [1.165, 1.54) is 38.6 Å². The highest BCUT2D eigenvalue weighted by Crippen LogP contribution is 2.23. The molecule has 0 aromatic rings. The number of aliphatic hydroxyl groups is 1. The van der Waals surface area contributed by atoms with Crippen molar-refractivity contribution in [1.29, 1.82) is 0 Å². The van der Waals surface area contributed by atoms with Crippen molar-refractivity contribution in [2.45, 2.75) is 90.3 Å². The maximum Gasteiger partial charge on any atom is 0.0610 e. The van der Waals surface area contributed by atoms with Crippen LogP contribution in [0.15, 0.2) is 0 Å². The zero-order valence-corrected chi connectivity index (χ0v) is 14.1. The van der Waals surface area contributed by atoms with E-state index >= 15 is 0 Å². The highest BCUT2D eigenvalue weighted by atomic mass is 16.3. The third kappa shape index (κ3) is 5.71. The fourth-order valence-corrected chi connectivity index (χ4v) is 3.38. The van der Waals surface area contributed by atoms with Gasteiger partial charge in [0.15, 0.2) is 0 Å². The Bertz CT molecular complexity index is 249. The standard InChI is InChI=1S/C17H36N2O/c1-5-12-18-17(4,14-20)11-6-7-13-19-15(2)9-8-10-16(19)3/h15-16,18,20H,5-14H2,1-4H3. The highest BCUT2D eigenvalue weighted by molar-refractivity contribution is 4.83. The molecule has 1 saturated heterocycles. The number of aliphatic hydroxyl groups excluding tert-OH is 1. The van der Waals surface area contributed by atoms with Gasteiger partial charge in [-0.2, -0.15) is 0 Å². The molecule has 20 heavy (non-hydrogen) atoms. The lowest BCUT2D eigenvalue weighted by Crippen LogP contribution is -2.46. The van der Waals surface area contributed by atoms with Crippen LogP contribution in [-0.2, 0) is 0 Å². The van der Waals surface area contributed by atoms with E-state index in [2.05, 4.69) is 37.9 Å². The van der Waals surface area contributed by atoms with Crippen molar-refractivity contribution in [2.24, 2.45) is 0 Å². The van der Waals surface area contributed by atoms with Gasteiger partial charge in [0, 0.05) is 17.6 Å². The molecule has 0 radical (unpaired) electrons. The molecule has 0 amide bonds. The average Bonchev–Trinajstić information content (AvgIpc) is 2.44. The zero-order chi connectivity index (χ0) is 15.0. The van der Waals surface area contributed by atoms with Crippen molar-refractivity contribution in [3.8, 4) is 0 Å². The summed E-state index contributed by atoms with van der Waals surface area (Å²) in [5.74, 6) is 0. The Morgan fingerprint density at radius 1 is 1.20 bits per heavy atom. The normalized spacial score (nSPS) is 27.4. The number of rotatable bonds is 9. The minimum Gasteiger partial charge on any atom is -0.394 e. The average molecular weight is 284 g/mol. The van der Waals surface area contributed by atoms with E-state index in [0.717, 1.165) is 31.5 Å². The summed E-state index contributed by atoms with van der Waals surface area (Å²) in [5, 5.41) is 13.1. The van der Waals surface area contributed by atoms with E-state index in [-0.39, 0.29) is 12.1 Å². The summed E-state index contributed by atoms with van der Waals surface area (Å²) in [4.78, 5) is 2.68. The predicted octanol–water partition coefficient (Wildman–Crippen LogP) is 3.17. The molecule has 1 rings (SSSR count). The number of hydrogen-bond acceptors (Lipinski definition) is 3. The molecular weight excluding hydrogens is 248 g/mol. The van der Waals surface area contributed by atoms with Crippen LogP contribution >= 0.6 is 0 Å². The molecule has 0 bridgehead atoms. The summed E-state index contributed by atoms with van der Waals surface area (Å²) in [6.45, 7) is 11.5. The van der Waals surface area contributed by atoms with Crippen molar-refractivity contribution >= 4 is 0 Å². The SMILES string of the molecule is CCCNC(C)(CO)CCCCN1C(C)CCCC1C. The first-order chi connectivity index (χ1) is 9.52. The third-order valence-electron chi connectivity index (χ3n) is 4.92. The van der Waals surface area contributed by atoms with Crippen molar-refractivity contribution in [2.75, 3.05) is 19.7 Å². The first-order valence-corrected chi connectivity index (χ1v) is 8.64. The van der Waals surface area contributed by atoms with Gasteiger partial charge in [0.05, 0.1) is 6.61 Å². The van der Waals surface area contributed by atoms with Gasteiger partial charge in [-0.25, -0.2) is 0 Å². The van der Waals surface area contributed by atoms with Gasteiger partial charge in [-0.15, -0.1) is 0 Å². The van der Waals surface area contributed by atoms with E-state index in [9.17, 15) is 5.11 Å². The molecule has 1 aliphatic rings. The topological polar surface area (TPSA) is 35.5 Å². The highest BCUT2D eigenvalue weighted by Gasteiger charge is 2.25. The summed E-state index contributed by atoms with van der Waals surface area (Å²) in [6.07, 6.45) is 8.75. The minimum atomic E-state index is -0.0882. The largest absolute Gasteiger partial charge is 0.394 e. The van der Waals surface area contributed by atoms with Crippen molar-refractivity contribution in [3.63, 3.8) is 0 Å². The van der Waals surface area contributed by atoms with Crippen LogP contribution in [0.4, 0.5) is 0 Å². The molecule has 1 aliphatic heterocycles. The molecule has 0 aromatic heterocycles. The maximum atomic E-state index is 9.57. The Morgan fingerprint density at radius 3 is 2.40 bits per heavy atom. The van der Waals surface area contributed by atoms with Crippen LogP contribution in [0.5, 0.6) is 0 Å². The Hall–Kier alpha value is -0.120. The second kappa shape index (κ2) is 9.01. The summed E-state index contributed by atoms with van der Waals surface area (Å²) in [6, 6.07) is 1.50. The Morgan fingerprint density at radius 2 is 1.85 bits per heavy atom. The fraction of sp³-hybridized carbons (Fsp3) is 1.00. The fourth-order valence-electron chi connectivity index (χ4n) is 3.38. The van der Waals surface area contributed by atoms with E-state index in [0.29, 0.717) is 0 Å². The molecule has 3 heteroatoms. The van der Waals surface area contributed by atoms with Crippen molar-refractivity contribution in [1.82, 2.24) is 10.2 Å². The van der Waals surface area contributed by atoms with E-state index in [4.69, 9.17) is 0 Å². The monoisotopic (exact) mass is 284 g/mol. The minimum absolute atomic E-state index is 0.0882. The zero-order valence-electron chi connectivity index (χ0n) is 14.1. The Labute approximate surface area is 126 Å². The molecular formula is C17H36N2O. The lowest BCUT2D eigenvalue weighted by atomic mass is 9.94. The van der Waals surface area contributed by atoms with Crippen LogP contribution in [0.3, 0.4) is 0 Å². The van der Waals surface area contributed by atoms with Crippen LogP contribution < -0.4 is 5.32 Å². The summed E-state index contributed by atoms with van der Waals surface area (Å²) in [7, 11) is 0. The van der Waals surface area contributed by atoms with Gasteiger partial charge in [0.2, 0.25) is 0 Å². The molecule has 2 N–H and O–H groups in total. The molecule has 3 atom stereocenters. The number of likely N-dealkylation sites (tertiary alicyclic amines) is 1. The van der Waals surface area contributed by atoms with E-state index in [1.54, 1.807) is 0 Å². The van der Waals surface area contributed by atoms with Crippen molar-refractivity contribution < 1.29 is 5.11 Å². The van der Waals surface area contributed by atoms with Crippen LogP contribution in [0.25, 0.3) is 0 Å². The molecule has 1 fully saturated rings. The van der Waals surface area contributed by atoms with Gasteiger partial charge in [0.25, 0.3) is 0 Å². The molecule has 120 valence electrons. The summed E-state index contributed by atoms with van der Waals surface area (Å²) in [5.41, 5.74) is -0.0882. The van der Waals surface area contributed by atoms with Gasteiger partial charge < -0.3 is 10.4 Å². The second-order valence-corrected chi connectivity index (χ2v) is 6.97. The molecule has 0 spiro atoms.